The van der Waals surface area contributed by atoms with Crippen molar-refractivity contribution in [3.8, 4) is 46.0 Å². The molecule has 8 heterocycles. The van der Waals surface area contributed by atoms with Gasteiger partial charge in [0, 0.05) is 74.9 Å². The van der Waals surface area contributed by atoms with Crippen molar-refractivity contribution in [2.75, 3.05) is 61.3 Å². The van der Waals surface area contributed by atoms with Crippen molar-refractivity contribution >= 4 is 80.2 Å². The zero-order chi connectivity index (χ0) is 66.3. The number of pyridine rings is 6. The van der Waals surface area contributed by atoms with Gasteiger partial charge in [-0.1, -0.05) is 57.5 Å². The van der Waals surface area contributed by atoms with Crippen molar-refractivity contribution in [1.82, 2.24) is 38.9 Å². The molecule has 0 saturated carbocycles. The molecule has 2 aliphatic heterocycles. The van der Waals surface area contributed by atoms with Crippen LogP contribution in [0.3, 0.4) is 0 Å². The molecule has 2 N–H and O–H groups in total. The Morgan fingerprint density at radius 3 is 1.60 bits per heavy atom. The van der Waals surface area contributed by atoms with E-state index in [9.17, 15) is 42.5 Å². The fourth-order valence-electron chi connectivity index (χ4n) is 11.6. The van der Waals surface area contributed by atoms with Gasteiger partial charge in [-0.25, -0.2) is 49.5 Å². The fourth-order valence-corrected chi connectivity index (χ4v) is 12.1. The number of nitrogens with two attached hydrogens (primary N) is 1. The number of halogens is 11. The number of carbonyl (C=O) groups is 2. The van der Waals surface area contributed by atoms with E-state index in [1.165, 1.54) is 40.3 Å². The molecule has 0 radical (unpaired) electrons. The summed E-state index contributed by atoms with van der Waals surface area (Å²) < 4.78 is 138. The van der Waals surface area contributed by atoms with Crippen molar-refractivity contribution in [3.05, 3.63) is 172 Å². The van der Waals surface area contributed by atoms with Crippen LogP contribution in [0.5, 0.6) is 0 Å². The summed E-state index contributed by atoms with van der Waals surface area (Å²) in [6, 6.07) is 8.77. The fraction of sp³-hybridized carbons (Fsp3) is 0.270. The first-order valence-electron chi connectivity index (χ1n) is 28.0. The first kappa shape index (κ1) is 64.2. The van der Waals surface area contributed by atoms with E-state index in [1.807, 2.05) is 12.1 Å². The minimum Gasteiger partial charge on any atom is -0.394 e. The molecule has 0 bridgehead atoms. The number of nitriles is 2. The van der Waals surface area contributed by atoms with Crippen molar-refractivity contribution in [3.63, 3.8) is 0 Å². The maximum atomic E-state index is 15.9. The first-order valence-corrected chi connectivity index (χ1v) is 28.8. The molecule has 10 rings (SSSR count). The molecule has 1 atom stereocenters. The highest BCUT2D eigenvalue weighted by molar-refractivity contribution is 6.34. The van der Waals surface area contributed by atoms with Crippen LogP contribution in [0.4, 0.5) is 56.6 Å². The predicted molar refractivity (Wildman–Crippen MR) is 324 cm³/mol. The minimum absolute atomic E-state index is 0.00706. The Morgan fingerprint density at radius 2 is 1.11 bits per heavy atom. The summed E-state index contributed by atoms with van der Waals surface area (Å²) in [5.41, 5.74) is -2.40. The number of piperazine rings is 2. The van der Waals surface area contributed by atoms with Crippen LogP contribution in [0.1, 0.15) is 85.8 Å². The highest BCUT2D eigenvalue weighted by atomic mass is 35.5. The van der Waals surface area contributed by atoms with Gasteiger partial charge in [-0.15, -0.1) is 0 Å². The lowest BCUT2D eigenvalue weighted by Gasteiger charge is -2.41. The number of aromatic nitrogens is 6. The van der Waals surface area contributed by atoms with Gasteiger partial charge in [0.05, 0.1) is 72.4 Å². The second-order valence-electron chi connectivity index (χ2n) is 22.3. The molecule has 0 unspecified atom stereocenters. The second-order valence-corrected chi connectivity index (χ2v) is 23.1. The van der Waals surface area contributed by atoms with Crippen LogP contribution in [-0.4, -0.2) is 103 Å². The SMILES string of the molecule is C=CC(=O)N1CCN(c2c(C#N)c(=O)n(-c3c(C)cc(/C=C\C(=O)N4CCN(c5c(C#N)c(=O)n(-c6c(C)ccnc6C(C)C)c6nc(-c7c(F)c(F)c(F)c(F)c7F)c(Cl)cc56)CC4)nc3C(C)C)c3nc(-c4c(F)c(N)c(F)c(F)c4F)c(Cl)cc23)C[C@H]1C. The van der Waals surface area contributed by atoms with E-state index >= 15 is 26.7 Å². The predicted octanol–water partition coefficient (Wildman–Crippen LogP) is 11.5. The van der Waals surface area contributed by atoms with Crippen molar-refractivity contribution < 1.29 is 49.1 Å². The molecule has 2 aliphatic rings. The second kappa shape index (κ2) is 24.5. The maximum Gasteiger partial charge on any atom is 0.276 e. The molecule has 28 heteroatoms. The number of benzene rings is 2. The van der Waals surface area contributed by atoms with Crippen molar-refractivity contribution in [2.24, 2.45) is 0 Å². The largest absolute Gasteiger partial charge is 0.394 e. The van der Waals surface area contributed by atoms with Gasteiger partial charge in [-0.2, -0.15) is 10.5 Å². The Kier molecular flexibility index (Phi) is 17.3. The van der Waals surface area contributed by atoms with Gasteiger partial charge in [0.15, 0.2) is 46.5 Å². The Hall–Kier alpha value is -9.79. The van der Waals surface area contributed by atoms with E-state index in [0.29, 0.717) is 11.3 Å². The molecule has 468 valence electrons. The third-order valence-electron chi connectivity index (χ3n) is 16.0. The van der Waals surface area contributed by atoms with Crippen LogP contribution in [0.25, 0.3) is 62.0 Å². The average molecular weight is 1300 g/mol. The van der Waals surface area contributed by atoms with Crippen molar-refractivity contribution in [1.29, 1.82) is 10.5 Å². The van der Waals surface area contributed by atoms with E-state index in [2.05, 4.69) is 21.5 Å². The van der Waals surface area contributed by atoms with E-state index < -0.39 is 131 Å². The number of amides is 2. The number of hydrogen-bond acceptors (Lipinski definition) is 13. The van der Waals surface area contributed by atoms with Crippen LogP contribution < -0.4 is 26.7 Å². The zero-order valence-corrected chi connectivity index (χ0v) is 50.8. The molecule has 2 fully saturated rings. The standard InChI is InChI=1S/C63H50Cl2F9N13O4/c1-9-38(88)85-19-18-84(25-30(85)8)59-33-22-37(65)55(41-44(68)48(72)50(74)51(77)45(41)69)81-61(33)87(63(91)35(59)24-76)57-29(7)20-31(79-53(57)27(4)5)10-11-39(89)82-14-16-83(17-15-82)58-32-21-36(64)54(40-42(66)46(70)49(73)47(71)43(40)67)80-60(32)86(62(90)34(58)23-75)56-28(6)12-13-78-52(56)26(2)3/h9-13,20-22,26-27,30H,1,14-19,25,77H2,2-8H3/b11-10-/t30-/m1/s1. The number of fused-ring (bicyclic) bond motifs is 2. The number of carbonyl (C=O) groups excluding carboxylic acids is 2. The lowest BCUT2D eigenvalue weighted by atomic mass is 10.0. The summed E-state index contributed by atoms with van der Waals surface area (Å²) in [6.45, 7) is 15.5. The molecule has 6 aromatic heterocycles. The average Bonchev–Trinajstić information content (AvgIpc) is 0.821. The van der Waals surface area contributed by atoms with Crippen LogP contribution in [-0.2, 0) is 9.59 Å². The number of rotatable bonds is 11. The zero-order valence-electron chi connectivity index (χ0n) is 49.2. The van der Waals surface area contributed by atoms with E-state index in [1.54, 1.807) is 64.3 Å². The molecule has 8 aromatic rings. The quantitative estimate of drug-likeness (QED) is 0.0420. The summed E-state index contributed by atoms with van der Waals surface area (Å²) in [4.78, 5) is 81.3. The number of hydrogen-bond donors (Lipinski definition) is 1. The Labute approximate surface area is 521 Å². The van der Waals surface area contributed by atoms with Gasteiger partial charge in [0.1, 0.15) is 40.2 Å². The van der Waals surface area contributed by atoms with Crippen molar-refractivity contribution in [2.45, 2.75) is 66.3 Å². The monoisotopic (exact) mass is 1290 g/mol. The van der Waals surface area contributed by atoms with Gasteiger partial charge in [0.25, 0.3) is 11.1 Å². The Balaban J connectivity index is 1.04. The van der Waals surface area contributed by atoms with Gasteiger partial charge in [-0.05, 0) is 80.2 Å². The van der Waals surface area contributed by atoms with Crippen LogP contribution in [0.2, 0.25) is 10.0 Å². The summed E-state index contributed by atoms with van der Waals surface area (Å²) in [5, 5.41) is 20.4. The van der Waals surface area contributed by atoms with E-state index in [0.717, 1.165) is 21.3 Å². The van der Waals surface area contributed by atoms with Crippen LogP contribution in [0.15, 0.2) is 58.8 Å². The minimum atomic E-state index is -2.43. The van der Waals surface area contributed by atoms with Crippen LogP contribution >= 0.6 is 23.2 Å². The highest BCUT2D eigenvalue weighted by Crippen LogP contribution is 2.43. The molecule has 17 nitrogen and oxygen atoms in total. The van der Waals surface area contributed by atoms with E-state index in [-0.39, 0.29) is 119 Å². The molecule has 2 aromatic carbocycles. The third-order valence-corrected chi connectivity index (χ3v) is 16.6. The smallest absolute Gasteiger partial charge is 0.276 e. The molecule has 0 spiro atoms. The highest BCUT2D eigenvalue weighted by Gasteiger charge is 2.37. The number of nitrogen functional groups attached to an aromatic ring is 1. The number of aryl methyl sites for hydroxylation is 2. The summed E-state index contributed by atoms with van der Waals surface area (Å²) in [7, 11) is 0. The van der Waals surface area contributed by atoms with Gasteiger partial charge in [0.2, 0.25) is 17.6 Å². The molecule has 91 heavy (non-hydrogen) atoms. The number of anilines is 3. The Bertz CT molecular complexity index is 4690. The molecule has 2 saturated heterocycles. The maximum absolute atomic E-state index is 15.9. The summed E-state index contributed by atoms with van der Waals surface area (Å²) in [6.07, 6.45) is 5.22. The first-order chi connectivity index (χ1) is 43.1. The normalized spacial score (nSPS) is 14.6. The lowest BCUT2D eigenvalue weighted by Crippen LogP contribution is -2.54. The molecule has 0 aliphatic carbocycles. The number of nitrogens with zero attached hydrogens (tertiary/aromatic N) is 12. The van der Waals surface area contributed by atoms with Gasteiger partial charge in [-0.3, -0.25) is 38.3 Å². The van der Waals surface area contributed by atoms with E-state index in [4.69, 9.17) is 33.9 Å². The van der Waals surface area contributed by atoms with Gasteiger partial charge >= 0.3 is 0 Å². The summed E-state index contributed by atoms with van der Waals surface area (Å²) >= 11 is 13.4. The third kappa shape index (κ3) is 10.7. The lowest BCUT2D eigenvalue weighted by molar-refractivity contribution is -0.128. The molecule has 2 amide bonds. The molecular weight excluding hydrogens is 1240 g/mol. The molecular formula is C63H50Cl2F9N13O4. The Morgan fingerprint density at radius 1 is 0.637 bits per heavy atom. The summed E-state index contributed by atoms with van der Waals surface area (Å²) in [5.74, 6) is -21.3. The topological polar surface area (TPSA) is 216 Å². The van der Waals surface area contributed by atoms with Crippen LogP contribution in [0, 0.1) is 88.9 Å². The van der Waals surface area contributed by atoms with Gasteiger partial charge < -0.3 is 25.3 Å².